The summed E-state index contributed by atoms with van der Waals surface area (Å²) in [6.45, 7) is 5.64. The Hall–Kier alpha value is -0.390. The predicted molar refractivity (Wildman–Crippen MR) is 120 cm³/mol. The molecule has 0 aromatic carbocycles. The fraction of sp³-hybridized carbons (Fsp3) is 0.706. The Morgan fingerprint density at radius 2 is 1.92 bits per heavy atom. The predicted octanol–water partition coefficient (Wildman–Crippen LogP) is 3.25. The zero-order chi connectivity index (χ0) is 18.4. The van der Waals surface area contributed by atoms with Crippen LogP contribution in [0.4, 0.5) is 0 Å². The fourth-order valence-electron chi connectivity index (χ4n) is 2.84. The number of halogens is 1. The lowest BCUT2D eigenvalue weighted by atomic mass is 9.87. The van der Waals surface area contributed by atoms with Gasteiger partial charge in [-0.25, -0.2) is 17.7 Å². The first-order valence-electron chi connectivity index (χ1n) is 8.89. The molecule has 1 aliphatic rings. The lowest BCUT2D eigenvalue weighted by Crippen LogP contribution is -2.44. The fourth-order valence-corrected chi connectivity index (χ4v) is 5.29. The summed E-state index contributed by atoms with van der Waals surface area (Å²) in [5.41, 5.74) is 0. The average Bonchev–Trinajstić information content (AvgIpc) is 3.04. The second kappa shape index (κ2) is 10.8. The summed E-state index contributed by atoms with van der Waals surface area (Å²) in [7, 11) is -0.267. The van der Waals surface area contributed by atoms with Crippen LogP contribution < -0.4 is 10.6 Å². The van der Waals surface area contributed by atoms with Gasteiger partial charge in [-0.1, -0.05) is 6.92 Å². The van der Waals surface area contributed by atoms with Crippen molar-refractivity contribution in [2.24, 2.45) is 10.9 Å². The van der Waals surface area contributed by atoms with E-state index in [1.165, 1.54) is 41.3 Å². The van der Waals surface area contributed by atoms with Crippen LogP contribution >= 0.6 is 35.3 Å². The van der Waals surface area contributed by atoms with Gasteiger partial charge >= 0.3 is 0 Å². The van der Waals surface area contributed by atoms with E-state index < -0.39 is 10.0 Å². The Balaban J connectivity index is 0.00000338. The third-order valence-electron chi connectivity index (χ3n) is 4.47. The van der Waals surface area contributed by atoms with Gasteiger partial charge in [0.1, 0.15) is 4.21 Å². The largest absolute Gasteiger partial charge is 0.357 e. The second-order valence-electron chi connectivity index (χ2n) is 6.80. The molecule has 1 heterocycles. The maximum Gasteiger partial charge on any atom is 0.252 e. The van der Waals surface area contributed by atoms with E-state index in [9.17, 15) is 8.42 Å². The molecule has 26 heavy (non-hydrogen) atoms. The van der Waals surface area contributed by atoms with Gasteiger partial charge in [-0.3, -0.25) is 0 Å². The molecule has 2 rings (SSSR count). The van der Waals surface area contributed by atoms with E-state index in [0.717, 1.165) is 23.3 Å². The van der Waals surface area contributed by atoms with Crippen molar-refractivity contribution in [3.63, 3.8) is 0 Å². The number of thiophene rings is 1. The van der Waals surface area contributed by atoms with Gasteiger partial charge in [0.25, 0.3) is 10.0 Å². The molecule has 1 fully saturated rings. The van der Waals surface area contributed by atoms with Crippen LogP contribution in [-0.4, -0.2) is 45.4 Å². The normalized spacial score (nSPS) is 21.3. The summed E-state index contributed by atoms with van der Waals surface area (Å²) in [4.78, 5) is 5.57. The Morgan fingerprint density at radius 3 is 2.50 bits per heavy atom. The summed E-state index contributed by atoms with van der Waals surface area (Å²) < 4.78 is 25.9. The summed E-state index contributed by atoms with van der Waals surface area (Å²) in [6.07, 6.45) is 4.87. The number of guanidine groups is 1. The number of aliphatic imine (C=N–C) groups is 1. The van der Waals surface area contributed by atoms with Crippen molar-refractivity contribution in [3.8, 4) is 0 Å². The van der Waals surface area contributed by atoms with Crippen LogP contribution in [0.5, 0.6) is 0 Å². The molecular formula is C17H31IN4O2S2. The van der Waals surface area contributed by atoms with E-state index in [1.807, 2.05) is 13.0 Å². The lowest BCUT2D eigenvalue weighted by molar-refractivity contribution is 0.329. The zero-order valence-corrected chi connectivity index (χ0v) is 20.0. The van der Waals surface area contributed by atoms with Gasteiger partial charge < -0.3 is 10.6 Å². The van der Waals surface area contributed by atoms with Crippen LogP contribution in [0.1, 0.15) is 44.4 Å². The zero-order valence-electron chi connectivity index (χ0n) is 16.0. The maximum atomic E-state index is 12.2. The molecule has 150 valence electrons. The molecule has 1 aromatic rings. The number of rotatable bonds is 6. The Morgan fingerprint density at radius 1 is 1.27 bits per heavy atom. The number of hydrogen-bond acceptors (Lipinski definition) is 4. The summed E-state index contributed by atoms with van der Waals surface area (Å²) in [5.74, 6) is 1.63. The third-order valence-corrected chi connectivity index (χ3v) is 7.82. The Bertz CT molecular complexity index is 681. The molecule has 0 saturated heterocycles. The number of sulfonamides is 1. The molecule has 0 aliphatic heterocycles. The van der Waals surface area contributed by atoms with Crippen molar-refractivity contribution in [3.05, 3.63) is 17.0 Å². The van der Waals surface area contributed by atoms with Gasteiger partial charge in [0.15, 0.2) is 5.96 Å². The van der Waals surface area contributed by atoms with Crippen LogP contribution in [0.15, 0.2) is 21.3 Å². The molecule has 0 spiro atoms. The van der Waals surface area contributed by atoms with Gasteiger partial charge in [-0.2, -0.15) is 0 Å². The highest BCUT2D eigenvalue weighted by Gasteiger charge is 2.20. The van der Waals surface area contributed by atoms with Crippen molar-refractivity contribution in [2.75, 3.05) is 20.6 Å². The highest BCUT2D eigenvalue weighted by Crippen LogP contribution is 2.25. The number of nitrogens with zero attached hydrogens (tertiary/aromatic N) is 2. The molecule has 0 amide bonds. The van der Waals surface area contributed by atoms with Gasteiger partial charge in [0.2, 0.25) is 0 Å². The van der Waals surface area contributed by atoms with Crippen LogP contribution in [0.25, 0.3) is 0 Å². The lowest BCUT2D eigenvalue weighted by Gasteiger charge is -2.28. The topological polar surface area (TPSA) is 73.8 Å². The molecule has 0 atom stereocenters. The van der Waals surface area contributed by atoms with E-state index in [0.29, 0.717) is 16.8 Å². The first-order valence-corrected chi connectivity index (χ1v) is 11.1. The summed E-state index contributed by atoms with van der Waals surface area (Å²) >= 11 is 1.28. The van der Waals surface area contributed by atoms with Crippen molar-refractivity contribution < 1.29 is 8.42 Å². The minimum Gasteiger partial charge on any atom is -0.357 e. The first kappa shape index (κ1) is 23.6. The molecule has 9 heteroatoms. The van der Waals surface area contributed by atoms with Crippen LogP contribution in [0.2, 0.25) is 0 Å². The van der Waals surface area contributed by atoms with E-state index >= 15 is 0 Å². The highest BCUT2D eigenvalue weighted by atomic mass is 127. The number of hydrogen-bond donors (Lipinski definition) is 2. The third kappa shape index (κ3) is 6.65. The number of nitrogens with one attached hydrogen (secondary N) is 2. The van der Waals surface area contributed by atoms with Crippen molar-refractivity contribution in [2.45, 2.75) is 56.3 Å². The van der Waals surface area contributed by atoms with E-state index in [1.54, 1.807) is 20.2 Å². The van der Waals surface area contributed by atoms with Crippen molar-refractivity contribution in [1.82, 2.24) is 14.9 Å². The molecule has 1 saturated carbocycles. The second-order valence-corrected chi connectivity index (χ2v) is 10.4. The molecule has 6 nitrogen and oxygen atoms in total. The summed E-state index contributed by atoms with van der Waals surface area (Å²) in [5, 5.41) is 6.80. The molecular weight excluding hydrogens is 483 g/mol. The van der Waals surface area contributed by atoms with E-state index in [-0.39, 0.29) is 24.0 Å². The van der Waals surface area contributed by atoms with Crippen molar-refractivity contribution in [1.29, 1.82) is 0 Å². The van der Waals surface area contributed by atoms with Gasteiger partial charge in [-0.05, 0) is 50.7 Å². The average molecular weight is 514 g/mol. The van der Waals surface area contributed by atoms with Crippen LogP contribution in [-0.2, 0) is 16.6 Å². The smallest absolute Gasteiger partial charge is 0.252 e. The molecule has 0 radical (unpaired) electrons. The van der Waals surface area contributed by atoms with Gasteiger partial charge in [-0.15, -0.1) is 35.3 Å². The quantitative estimate of drug-likeness (QED) is 0.347. The standard InChI is InChI=1S/C17H30N4O2S2.HI/c1-5-18-17(20-14-8-6-13(2)7-9-14)19-12-15-10-11-16(24-15)25(22,23)21(3)4;/h10-11,13-14H,5-9,12H2,1-4H3,(H2,18,19,20);1H. The summed E-state index contributed by atoms with van der Waals surface area (Å²) in [6, 6.07) is 3.98. The van der Waals surface area contributed by atoms with E-state index in [2.05, 4.69) is 22.5 Å². The Labute approximate surface area is 178 Å². The molecule has 0 unspecified atom stereocenters. The van der Waals surface area contributed by atoms with Crippen molar-refractivity contribution >= 4 is 51.3 Å². The van der Waals surface area contributed by atoms with Crippen LogP contribution in [0.3, 0.4) is 0 Å². The SMILES string of the molecule is CCNC(=NCc1ccc(S(=O)(=O)N(C)C)s1)NC1CCC(C)CC1.I. The van der Waals surface area contributed by atoms with E-state index in [4.69, 9.17) is 0 Å². The maximum absolute atomic E-state index is 12.2. The Kier molecular flexibility index (Phi) is 9.84. The minimum absolute atomic E-state index is 0. The monoisotopic (exact) mass is 514 g/mol. The highest BCUT2D eigenvalue weighted by molar-refractivity contribution is 14.0. The van der Waals surface area contributed by atoms with Gasteiger partial charge in [0.05, 0.1) is 6.54 Å². The minimum atomic E-state index is -3.36. The molecule has 0 bridgehead atoms. The first-order chi connectivity index (χ1) is 11.8. The van der Waals surface area contributed by atoms with Gasteiger partial charge in [0, 0.05) is 31.6 Å². The molecule has 1 aliphatic carbocycles. The molecule has 1 aromatic heterocycles. The van der Waals surface area contributed by atoms with Crippen LogP contribution in [0, 0.1) is 5.92 Å². The molecule has 2 N–H and O–H groups in total.